The second-order valence-electron chi connectivity index (χ2n) is 14.5. The van der Waals surface area contributed by atoms with Gasteiger partial charge in [-0.25, -0.2) is 4.57 Å². The average Bonchev–Trinajstić information content (AvgIpc) is 3.15. The molecule has 0 aromatic carbocycles. The first-order valence-corrected chi connectivity index (χ1v) is 22.8. The standard InChI is InChI=1S/C42H76NO11P/c1-3-5-7-9-11-12-13-14-15-16-17-18-20-24-28-32-40(45)51-34-38(35-52-55(49,50)53-36-39(43)42(47)48)54-41(46)33-29-25-21-23-27-31-37(44)30-26-22-19-10-8-6-4-2/h19,22,26,30,38-39H,3-18,20-21,23-25,27-29,31-36,43H2,1-2H3,(H,47,48)(H,49,50)/b22-19-,30-26+/t38-,39+/m1/s1. The normalized spacial score (nSPS) is 13.9. The molecule has 0 radical (unpaired) electrons. The molecule has 0 aromatic heterocycles. The van der Waals surface area contributed by atoms with Crippen molar-refractivity contribution in [2.24, 2.45) is 5.73 Å². The minimum atomic E-state index is -4.74. The van der Waals surface area contributed by atoms with Crippen molar-refractivity contribution in [3.05, 3.63) is 24.3 Å². The number of phosphoric ester groups is 1. The number of hydrogen-bond donors (Lipinski definition) is 3. The van der Waals surface area contributed by atoms with Gasteiger partial charge in [-0.05, 0) is 38.2 Å². The van der Waals surface area contributed by atoms with Crippen LogP contribution in [0.3, 0.4) is 0 Å². The first-order valence-electron chi connectivity index (χ1n) is 21.3. The van der Waals surface area contributed by atoms with Gasteiger partial charge < -0.3 is 25.2 Å². The van der Waals surface area contributed by atoms with Crippen LogP contribution >= 0.6 is 7.82 Å². The molecular weight excluding hydrogens is 725 g/mol. The minimum Gasteiger partial charge on any atom is -0.480 e. The summed E-state index contributed by atoms with van der Waals surface area (Å²) in [6, 6.07) is -1.54. The third kappa shape index (κ3) is 37.0. The van der Waals surface area contributed by atoms with Crippen LogP contribution in [0, 0.1) is 0 Å². The number of carboxylic acid groups (broad SMARTS) is 1. The van der Waals surface area contributed by atoms with Gasteiger partial charge in [0.2, 0.25) is 0 Å². The van der Waals surface area contributed by atoms with E-state index in [0.717, 1.165) is 57.8 Å². The molecule has 0 fully saturated rings. The number of nitrogens with two attached hydrogens (primary N) is 1. The average molecular weight is 802 g/mol. The summed E-state index contributed by atoms with van der Waals surface area (Å²) in [4.78, 5) is 57.9. The van der Waals surface area contributed by atoms with Crippen LogP contribution in [0.1, 0.15) is 187 Å². The molecule has 55 heavy (non-hydrogen) atoms. The Labute approximate surface area is 332 Å². The fourth-order valence-electron chi connectivity index (χ4n) is 5.75. The van der Waals surface area contributed by atoms with E-state index in [1.807, 2.05) is 6.08 Å². The number of esters is 2. The van der Waals surface area contributed by atoms with E-state index >= 15 is 0 Å². The molecule has 0 saturated carbocycles. The number of ketones is 1. The monoisotopic (exact) mass is 802 g/mol. The summed E-state index contributed by atoms with van der Waals surface area (Å²) < 4.78 is 32.6. The SMILES string of the molecule is CCCCC/C=C\C=C\C(=O)CCCCCCCC(=O)O[C@H](COC(=O)CCCCCCCCCCCCCCCCC)COP(=O)(O)OC[C@H](N)C(=O)O. The Balaban J connectivity index is 4.45. The van der Waals surface area contributed by atoms with Crippen molar-refractivity contribution < 1.29 is 52.3 Å². The van der Waals surface area contributed by atoms with Gasteiger partial charge in [0.25, 0.3) is 0 Å². The number of carbonyl (C=O) groups is 4. The highest BCUT2D eigenvalue weighted by molar-refractivity contribution is 7.47. The topological polar surface area (TPSA) is 189 Å². The number of unbranched alkanes of at least 4 members (excludes halogenated alkanes) is 21. The maximum Gasteiger partial charge on any atom is 0.472 e. The van der Waals surface area contributed by atoms with Gasteiger partial charge in [-0.2, -0.15) is 0 Å². The number of phosphoric acid groups is 1. The fourth-order valence-corrected chi connectivity index (χ4v) is 6.53. The zero-order valence-electron chi connectivity index (χ0n) is 34.3. The summed E-state index contributed by atoms with van der Waals surface area (Å²) in [7, 11) is -4.74. The molecular formula is C42H76NO11P. The Morgan fingerprint density at radius 2 is 1.05 bits per heavy atom. The van der Waals surface area contributed by atoms with E-state index in [2.05, 4.69) is 24.4 Å². The van der Waals surface area contributed by atoms with Gasteiger partial charge in [0, 0.05) is 19.3 Å². The van der Waals surface area contributed by atoms with Crippen LogP contribution in [0.4, 0.5) is 0 Å². The highest BCUT2D eigenvalue weighted by Crippen LogP contribution is 2.43. The summed E-state index contributed by atoms with van der Waals surface area (Å²) in [6.07, 6.45) is 33.5. The highest BCUT2D eigenvalue weighted by atomic mass is 31.2. The number of carbonyl (C=O) groups excluding carboxylic acids is 3. The molecule has 0 aliphatic rings. The van der Waals surface area contributed by atoms with E-state index in [1.165, 1.54) is 83.5 Å². The van der Waals surface area contributed by atoms with Crippen molar-refractivity contribution in [1.82, 2.24) is 0 Å². The van der Waals surface area contributed by atoms with Crippen molar-refractivity contribution in [1.29, 1.82) is 0 Å². The third-order valence-electron chi connectivity index (χ3n) is 9.18. The van der Waals surface area contributed by atoms with Gasteiger partial charge in [-0.15, -0.1) is 0 Å². The maximum atomic E-state index is 12.6. The summed E-state index contributed by atoms with van der Waals surface area (Å²) >= 11 is 0. The van der Waals surface area contributed by atoms with Crippen LogP contribution in [-0.4, -0.2) is 65.7 Å². The van der Waals surface area contributed by atoms with Crippen molar-refractivity contribution in [3.63, 3.8) is 0 Å². The lowest BCUT2D eigenvalue weighted by molar-refractivity contribution is -0.161. The smallest absolute Gasteiger partial charge is 0.472 e. The Morgan fingerprint density at radius 3 is 1.58 bits per heavy atom. The van der Waals surface area contributed by atoms with Crippen LogP contribution in [0.5, 0.6) is 0 Å². The number of ether oxygens (including phenoxy) is 2. The molecule has 0 bridgehead atoms. The van der Waals surface area contributed by atoms with Crippen LogP contribution in [0.15, 0.2) is 24.3 Å². The predicted molar refractivity (Wildman–Crippen MR) is 217 cm³/mol. The van der Waals surface area contributed by atoms with Crippen LogP contribution < -0.4 is 5.73 Å². The number of carboxylic acids is 1. The molecule has 13 heteroatoms. The number of rotatable bonds is 40. The number of hydrogen-bond acceptors (Lipinski definition) is 10. The lowest BCUT2D eigenvalue weighted by Crippen LogP contribution is -2.34. The van der Waals surface area contributed by atoms with E-state index in [-0.39, 0.29) is 25.2 Å². The zero-order valence-corrected chi connectivity index (χ0v) is 35.2. The summed E-state index contributed by atoms with van der Waals surface area (Å²) in [5.41, 5.74) is 5.32. The second-order valence-corrected chi connectivity index (χ2v) is 16.0. The number of aliphatic carboxylic acids is 1. The van der Waals surface area contributed by atoms with Crippen molar-refractivity contribution in [2.45, 2.75) is 199 Å². The van der Waals surface area contributed by atoms with E-state index in [1.54, 1.807) is 12.2 Å². The second kappa shape index (κ2) is 37.2. The van der Waals surface area contributed by atoms with Gasteiger partial charge in [0.1, 0.15) is 12.6 Å². The molecule has 0 saturated heterocycles. The minimum absolute atomic E-state index is 0.0799. The largest absolute Gasteiger partial charge is 0.480 e. The number of allylic oxidation sites excluding steroid dienone is 4. The summed E-state index contributed by atoms with van der Waals surface area (Å²) in [6.45, 7) is 2.63. The quantitative estimate of drug-likeness (QED) is 0.0175. The predicted octanol–water partition coefficient (Wildman–Crippen LogP) is 10.2. The van der Waals surface area contributed by atoms with Gasteiger partial charge in [-0.3, -0.25) is 28.2 Å². The van der Waals surface area contributed by atoms with E-state index in [4.69, 9.17) is 24.8 Å². The van der Waals surface area contributed by atoms with Crippen molar-refractivity contribution >= 4 is 31.5 Å². The van der Waals surface area contributed by atoms with E-state index in [9.17, 15) is 28.6 Å². The molecule has 12 nitrogen and oxygen atoms in total. The molecule has 320 valence electrons. The summed E-state index contributed by atoms with van der Waals surface area (Å²) in [5, 5.41) is 8.88. The lowest BCUT2D eigenvalue weighted by Gasteiger charge is -2.20. The van der Waals surface area contributed by atoms with Crippen LogP contribution in [0.2, 0.25) is 0 Å². The molecule has 0 heterocycles. The maximum absolute atomic E-state index is 12.6. The van der Waals surface area contributed by atoms with Gasteiger partial charge in [0.05, 0.1) is 13.2 Å². The fraction of sp³-hybridized carbons (Fsp3) is 0.810. The highest BCUT2D eigenvalue weighted by Gasteiger charge is 2.28. The van der Waals surface area contributed by atoms with Gasteiger partial charge in [-0.1, -0.05) is 154 Å². The lowest BCUT2D eigenvalue weighted by atomic mass is 10.0. The Bertz CT molecular complexity index is 1100. The Kier molecular flexibility index (Phi) is 35.6. The molecule has 4 N–H and O–H groups in total. The van der Waals surface area contributed by atoms with E-state index in [0.29, 0.717) is 19.3 Å². The molecule has 0 aliphatic heterocycles. The molecule has 0 aromatic rings. The Hall–Kier alpha value is -2.37. The molecule has 0 amide bonds. The summed E-state index contributed by atoms with van der Waals surface area (Å²) in [5.74, 6) is -2.39. The zero-order chi connectivity index (χ0) is 40.8. The third-order valence-corrected chi connectivity index (χ3v) is 10.1. The molecule has 0 spiro atoms. The van der Waals surface area contributed by atoms with Crippen LogP contribution in [-0.2, 0) is 42.3 Å². The van der Waals surface area contributed by atoms with Crippen molar-refractivity contribution in [2.75, 3.05) is 19.8 Å². The molecule has 3 atom stereocenters. The van der Waals surface area contributed by atoms with Gasteiger partial charge in [0.15, 0.2) is 11.9 Å². The van der Waals surface area contributed by atoms with Crippen LogP contribution in [0.25, 0.3) is 0 Å². The van der Waals surface area contributed by atoms with Gasteiger partial charge >= 0.3 is 25.7 Å². The first-order chi connectivity index (χ1) is 26.5. The molecule has 1 unspecified atom stereocenters. The van der Waals surface area contributed by atoms with E-state index < -0.39 is 51.1 Å². The molecule has 0 rings (SSSR count). The van der Waals surface area contributed by atoms with Crippen molar-refractivity contribution in [3.8, 4) is 0 Å². The molecule has 0 aliphatic carbocycles. The first kappa shape index (κ1) is 52.6. The Morgan fingerprint density at radius 1 is 0.600 bits per heavy atom.